The smallest absolute Gasteiger partial charge is 0.268 e. The first-order valence-electron chi connectivity index (χ1n) is 32.0. The summed E-state index contributed by atoms with van der Waals surface area (Å²) in [4.78, 5) is 4.91. The predicted octanol–water partition coefficient (Wildman–Crippen LogP) is 19.8. The quantitative estimate of drug-likeness (QED) is 0.123. The molecule has 0 bridgehead atoms. The maximum atomic E-state index is 9.06. The Kier molecular flexibility index (Phi) is 11.5. The molecule has 0 radical (unpaired) electrons. The summed E-state index contributed by atoms with van der Waals surface area (Å²) < 4.78 is 67.5. The van der Waals surface area contributed by atoms with E-state index in [1.807, 2.05) is 53.2 Å². The molecule has 0 unspecified atom stereocenters. The molecule has 1 aliphatic heterocycles. The summed E-state index contributed by atoms with van der Waals surface area (Å²) in [7, 11) is 0. The van der Waals surface area contributed by atoms with Crippen LogP contribution in [0.15, 0.2) is 182 Å². The van der Waals surface area contributed by atoms with Crippen molar-refractivity contribution in [2.24, 2.45) is 0 Å². The minimum absolute atomic E-state index is 0. The van der Waals surface area contributed by atoms with Gasteiger partial charge in [-0.3, -0.25) is 4.57 Å². The summed E-state index contributed by atoms with van der Waals surface area (Å²) in [6, 6.07) is 67.1. The first-order chi connectivity index (χ1) is 42.1. The molecule has 3 aromatic heterocycles. The minimum Gasteiger partial charge on any atom is -0.510 e. The van der Waals surface area contributed by atoms with Crippen LogP contribution in [0.4, 0.5) is 0 Å². The second kappa shape index (κ2) is 20.0. The van der Waals surface area contributed by atoms with Gasteiger partial charge in [0.25, 0.3) is 6.33 Å². The molecule has 9 aromatic carbocycles. The van der Waals surface area contributed by atoms with Gasteiger partial charge in [0, 0.05) is 52.5 Å². The van der Waals surface area contributed by atoms with Crippen molar-refractivity contribution in [1.29, 1.82) is 0 Å². The van der Waals surface area contributed by atoms with E-state index in [4.69, 9.17) is 17.9 Å². The minimum atomic E-state index is -2.69. The van der Waals surface area contributed by atoms with Gasteiger partial charge < -0.3 is 13.9 Å². The first-order valence-corrected chi connectivity index (χ1v) is 29.0. The van der Waals surface area contributed by atoms with Crippen molar-refractivity contribution in [2.75, 3.05) is 0 Å². The largest absolute Gasteiger partial charge is 0.510 e. The molecule has 420 valence electrons. The van der Waals surface area contributed by atoms with Gasteiger partial charge in [0.05, 0.1) is 16.7 Å². The Morgan fingerprint density at radius 3 is 1.86 bits per heavy atom. The van der Waals surface area contributed by atoms with Crippen molar-refractivity contribution >= 4 is 32.8 Å². The van der Waals surface area contributed by atoms with Crippen LogP contribution >= 0.6 is 0 Å². The number of aryl methyl sites for hydroxylation is 2. The fourth-order valence-corrected chi connectivity index (χ4v) is 13.1. The molecule has 2 aliphatic rings. The molecule has 12 aromatic rings. The number of ether oxygens (including phenoxy) is 1. The average molecular weight is 1280 g/mol. The van der Waals surface area contributed by atoms with Crippen LogP contribution in [0.25, 0.3) is 106 Å². The molecule has 0 amide bonds. The normalized spacial score (nSPS) is 15.5. The molecule has 0 saturated heterocycles. The number of para-hydroxylation sites is 2. The maximum absolute atomic E-state index is 9.06. The van der Waals surface area contributed by atoms with Crippen molar-refractivity contribution in [1.82, 2.24) is 14.1 Å². The summed E-state index contributed by atoms with van der Waals surface area (Å²) >= 11 is 0. The SMILES string of the molecule is [2H]C([2H])([2H])c1cccc(C([2H])([2H])[2H])c1-c1cccc2c1-[n+]1[c-]n(-c3[c-]c(Oc4[c-]c5c(cc4)c4ccccc4n5-c4cc(C(C)(C)C)ccn4)ccc3)c3cc(-c4ccc(C(C)(C)C)cc4)cc(c31)-c1ccccc1-c1cc3c(cc1-2)C(C)(C)CCC3(C)C.[Pt]. The molecule has 14 rings (SSSR count). The van der Waals surface area contributed by atoms with E-state index in [-0.39, 0.29) is 59.4 Å². The Morgan fingerprint density at radius 1 is 0.536 bits per heavy atom. The second-order valence-corrected chi connectivity index (χ2v) is 26.3. The van der Waals surface area contributed by atoms with Crippen LogP contribution in [0.2, 0.25) is 0 Å². The molecule has 0 saturated carbocycles. The van der Waals surface area contributed by atoms with Gasteiger partial charge in [-0.05, 0) is 179 Å². The van der Waals surface area contributed by atoms with Crippen LogP contribution in [0.3, 0.4) is 0 Å². The summed E-state index contributed by atoms with van der Waals surface area (Å²) in [5.74, 6) is 1.72. The number of imidazole rings is 1. The number of hydrogen-bond acceptors (Lipinski definition) is 2. The topological polar surface area (TPSA) is 35.9 Å². The van der Waals surface area contributed by atoms with Crippen molar-refractivity contribution in [2.45, 2.75) is 117 Å². The number of fused-ring (bicyclic) bond motifs is 11. The summed E-state index contributed by atoms with van der Waals surface area (Å²) in [6.45, 7) is 17.3. The van der Waals surface area contributed by atoms with E-state index in [1.165, 1.54) is 22.3 Å². The second-order valence-electron chi connectivity index (χ2n) is 26.3. The van der Waals surface area contributed by atoms with Crippen LogP contribution in [-0.2, 0) is 42.7 Å². The molecule has 5 nitrogen and oxygen atoms in total. The van der Waals surface area contributed by atoms with Crippen LogP contribution in [-0.4, -0.2) is 14.1 Å². The first kappa shape index (κ1) is 48.3. The molecule has 1 aliphatic carbocycles. The average Bonchev–Trinajstić information content (AvgIpc) is 1.43. The van der Waals surface area contributed by atoms with E-state index in [1.54, 1.807) is 18.2 Å². The van der Waals surface area contributed by atoms with E-state index in [9.17, 15) is 0 Å². The van der Waals surface area contributed by atoms with E-state index < -0.39 is 13.7 Å². The molecular formula is C78H70N4OPt-2. The van der Waals surface area contributed by atoms with E-state index in [2.05, 4.69) is 212 Å². The van der Waals surface area contributed by atoms with Crippen molar-refractivity contribution in [3.8, 4) is 84.3 Å². The fraction of sp³-hybridized carbons (Fsp3) is 0.231. The van der Waals surface area contributed by atoms with Gasteiger partial charge in [0.15, 0.2) is 0 Å². The Hall–Kier alpha value is -8.11. The number of nitrogens with zero attached hydrogens (tertiary/aromatic N) is 4. The molecule has 4 heterocycles. The van der Waals surface area contributed by atoms with Crippen LogP contribution < -0.4 is 9.30 Å². The molecule has 6 heteroatoms. The van der Waals surface area contributed by atoms with Gasteiger partial charge in [0.2, 0.25) is 0 Å². The monoisotopic (exact) mass is 1280 g/mol. The van der Waals surface area contributed by atoms with Gasteiger partial charge in [-0.2, -0.15) is 18.2 Å². The zero-order valence-corrected chi connectivity index (χ0v) is 51.5. The molecule has 84 heavy (non-hydrogen) atoms. The Morgan fingerprint density at radius 2 is 1.15 bits per heavy atom. The number of hydrogen-bond donors (Lipinski definition) is 0. The maximum Gasteiger partial charge on any atom is 0.268 e. The summed E-state index contributed by atoms with van der Waals surface area (Å²) in [5.41, 5.74) is 17.2. The predicted molar refractivity (Wildman–Crippen MR) is 343 cm³/mol. The Bertz CT molecular complexity index is 4840. The van der Waals surface area contributed by atoms with Gasteiger partial charge in [-0.25, -0.2) is 4.98 Å². The van der Waals surface area contributed by atoms with E-state index in [0.29, 0.717) is 28.4 Å². The number of benzene rings is 9. The fourth-order valence-electron chi connectivity index (χ4n) is 13.1. The number of rotatable bonds is 6. The van der Waals surface area contributed by atoms with Crippen molar-refractivity contribution in [3.05, 3.63) is 234 Å². The van der Waals surface area contributed by atoms with Gasteiger partial charge in [-0.15, -0.1) is 29.7 Å². The Labute approximate surface area is 518 Å². The third-order valence-corrected chi connectivity index (χ3v) is 17.8. The van der Waals surface area contributed by atoms with Gasteiger partial charge in [0.1, 0.15) is 5.82 Å². The third-order valence-electron chi connectivity index (χ3n) is 17.8. The van der Waals surface area contributed by atoms with Crippen LogP contribution in [0.5, 0.6) is 11.5 Å². The number of pyridine rings is 1. The van der Waals surface area contributed by atoms with Crippen LogP contribution in [0.1, 0.15) is 124 Å². The molecule has 0 N–H and O–H groups in total. The van der Waals surface area contributed by atoms with Gasteiger partial charge >= 0.3 is 0 Å². The van der Waals surface area contributed by atoms with Crippen LogP contribution in [0, 0.1) is 32.2 Å². The molecule has 0 fully saturated rings. The van der Waals surface area contributed by atoms with Gasteiger partial charge in [-0.1, -0.05) is 190 Å². The van der Waals surface area contributed by atoms with Crippen molar-refractivity contribution in [3.63, 3.8) is 0 Å². The number of aromatic nitrogens is 4. The zero-order chi connectivity index (χ0) is 62.5. The Balaban J connectivity index is 0.00000743. The van der Waals surface area contributed by atoms with E-state index >= 15 is 0 Å². The molecular weight excluding hydrogens is 1200 g/mol. The molecule has 0 spiro atoms. The zero-order valence-electron chi connectivity index (χ0n) is 55.2. The summed E-state index contributed by atoms with van der Waals surface area (Å²) in [6.07, 6.45) is 7.78. The van der Waals surface area contributed by atoms with Crippen molar-refractivity contribution < 1.29 is 38.6 Å². The standard InChI is InChI=1S/C78H70N4O.Pt/c1-48-20-17-21-49(2)72(48)62-28-19-27-61-64-46-67-66(77(9,10)37-38-78(67,11)12)45-63(64)57-24-13-14-25-58(57)65-40-51(50-30-32-52(33-31-50)75(3,4)5)41-70-74(65)81(73(61)62)47-80(70)54-22-18-23-55(43-54)83-56-34-35-60-59-26-15-16-29-68(59)82(69(60)44-56)71-42-53(36-39-79-71)76(6,7)8;/h13-36,39-42,45-46H,37-38H2,1-12H3;/q-2;/i1D3,2D3;. The third kappa shape index (κ3) is 9.08. The van der Waals surface area contributed by atoms with E-state index in [0.717, 1.165) is 96.0 Å². The molecule has 0 atom stereocenters. The summed E-state index contributed by atoms with van der Waals surface area (Å²) in [5, 5.41) is 2.09.